The Bertz CT molecular complexity index is 1120. The highest BCUT2D eigenvalue weighted by Crippen LogP contribution is 2.47. The molecule has 4 aromatic heterocycles. The van der Waals surface area contributed by atoms with Gasteiger partial charge in [0.15, 0.2) is 5.65 Å². The van der Waals surface area contributed by atoms with Crippen LogP contribution in [-0.2, 0) is 6.54 Å². The molecule has 1 N–H and O–H groups in total. The molecule has 0 aliphatic heterocycles. The minimum absolute atomic E-state index is 0.415. The Hall–Kier alpha value is -3.14. The molecule has 0 spiro atoms. The van der Waals surface area contributed by atoms with Crippen LogP contribution in [-0.4, -0.2) is 41.4 Å². The molecule has 1 aliphatic rings. The van der Waals surface area contributed by atoms with Crippen molar-refractivity contribution in [3.63, 3.8) is 0 Å². The number of fused-ring (bicyclic) bond motifs is 1. The Morgan fingerprint density at radius 1 is 1.24 bits per heavy atom. The molecule has 0 bridgehead atoms. The van der Waals surface area contributed by atoms with E-state index in [2.05, 4.69) is 41.6 Å². The van der Waals surface area contributed by atoms with Gasteiger partial charge in [-0.15, -0.1) is 10.2 Å². The number of ether oxygens (including phenoxy) is 1. The molecule has 148 valence electrons. The van der Waals surface area contributed by atoms with Gasteiger partial charge < -0.3 is 10.1 Å². The number of anilines is 1. The molecule has 10 heteroatoms. The lowest BCUT2D eigenvalue weighted by molar-refractivity contribution is 0.284. The summed E-state index contributed by atoms with van der Waals surface area (Å²) < 4.78 is 7.78. The smallest absolute Gasteiger partial charge is 0.218 e. The van der Waals surface area contributed by atoms with Crippen molar-refractivity contribution in [1.29, 1.82) is 0 Å². The molecule has 1 aliphatic carbocycles. The number of hydrogen-bond donors (Lipinski definition) is 1. The molecule has 5 rings (SSSR count). The summed E-state index contributed by atoms with van der Waals surface area (Å²) in [6.45, 7) is 4.98. The summed E-state index contributed by atoms with van der Waals surface area (Å²) in [5.41, 5.74) is 1.95. The molecule has 0 radical (unpaired) electrons. The van der Waals surface area contributed by atoms with Gasteiger partial charge in [-0.2, -0.15) is 10.1 Å². The van der Waals surface area contributed by atoms with Gasteiger partial charge >= 0.3 is 0 Å². The summed E-state index contributed by atoms with van der Waals surface area (Å²) in [6.07, 6.45) is 4.76. The highest BCUT2D eigenvalue weighted by Gasteiger charge is 2.41. The molecular formula is C19H20N8OS. The maximum atomic E-state index is 5.97. The molecular weight excluding hydrogens is 388 g/mol. The van der Waals surface area contributed by atoms with Crippen LogP contribution in [0.25, 0.3) is 5.65 Å². The maximum Gasteiger partial charge on any atom is 0.218 e. The van der Waals surface area contributed by atoms with Crippen LogP contribution in [0.3, 0.4) is 0 Å². The minimum atomic E-state index is 0.415. The summed E-state index contributed by atoms with van der Waals surface area (Å²) in [7, 11) is 0. The van der Waals surface area contributed by atoms with Crippen molar-refractivity contribution in [2.75, 3.05) is 11.9 Å². The van der Waals surface area contributed by atoms with Gasteiger partial charge in [-0.3, -0.25) is 0 Å². The maximum absolute atomic E-state index is 5.97. The van der Waals surface area contributed by atoms with Crippen LogP contribution in [0.15, 0.2) is 30.6 Å². The van der Waals surface area contributed by atoms with Gasteiger partial charge in [0, 0.05) is 36.4 Å². The van der Waals surface area contributed by atoms with Crippen molar-refractivity contribution in [2.45, 2.75) is 32.7 Å². The third-order valence-electron chi connectivity index (χ3n) is 4.81. The van der Waals surface area contributed by atoms with E-state index in [9.17, 15) is 0 Å². The fraction of sp³-hybridized carbons (Fsp3) is 0.368. The first kappa shape index (κ1) is 17.9. The quantitative estimate of drug-likeness (QED) is 0.498. The van der Waals surface area contributed by atoms with Gasteiger partial charge in [0.05, 0.1) is 18.8 Å². The number of nitrogens with zero attached hydrogens (tertiary/aromatic N) is 7. The van der Waals surface area contributed by atoms with Gasteiger partial charge in [0.2, 0.25) is 5.88 Å². The van der Waals surface area contributed by atoms with E-state index >= 15 is 0 Å². The molecule has 4 heterocycles. The molecule has 29 heavy (non-hydrogen) atoms. The van der Waals surface area contributed by atoms with Crippen molar-refractivity contribution in [3.05, 3.63) is 52.1 Å². The monoisotopic (exact) mass is 408 g/mol. The van der Waals surface area contributed by atoms with Gasteiger partial charge in [-0.25, -0.2) is 14.5 Å². The van der Waals surface area contributed by atoms with Crippen LogP contribution in [0.1, 0.15) is 33.9 Å². The normalized spacial score (nSPS) is 18.1. The van der Waals surface area contributed by atoms with E-state index in [1.165, 1.54) is 0 Å². The zero-order valence-electron chi connectivity index (χ0n) is 16.1. The predicted octanol–water partition coefficient (Wildman–Crippen LogP) is 2.78. The second-order valence-electron chi connectivity index (χ2n) is 7.11. The van der Waals surface area contributed by atoms with E-state index < -0.39 is 0 Å². The third kappa shape index (κ3) is 4.02. The Morgan fingerprint density at radius 2 is 2.17 bits per heavy atom. The van der Waals surface area contributed by atoms with Crippen molar-refractivity contribution in [3.8, 4) is 5.88 Å². The van der Waals surface area contributed by atoms with E-state index in [-0.39, 0.29) is 0 Å². The van der Waals surface area contributed by atoms with Crippen LogP contribution in [0.4, 0.5) is 5.82 Å². The topological polar surface area (TPSA) is 103 Å². The van der Waals surface area contributed by atoms with Crippen LogP contribution in [0.2, 0.25) is 0 Å². The summed E-state index contributed by atoms with van der Waals surface area (Å²) in [5.74, 6) is 2.82. The predicted molar refractivity (Wildman–Crippen MR) is 108 cm³/mol. The molecule has 0 amide bonds. The van der Waals surface area contributed by atoms with Crippen molar-refractivity contribution in [1.82, 2.24) is 34.8 Å². The second-order valence-corrected chi connectivity index (χ2v) is 8.38. The lowest BCUT2D eigenvalue weighted by atomic mass is 10.2. The van der Waals surface area contributed by atoms with Crippen LogP contribution >= 0.6 is 11.3 Å². The Balaban J connectivity index is 1.19. The molecule has 0 unspecified atom stereocenters. The minimum Gasteiger partial charge on any atom is -0.477 e. The molecule has 0 aromatic carbocycles. The van der Waals surface area contributed by atoms with E-state index in [4.69, 9.17) is 4.74 Å². The fourth-order valence-corrected chi connectivity index (χ4v) is 3.94. The zero-order chi connectivity index (χ0) is 19.8. The van der Waals surface area contributed by atoms with E-state index in [1.807, 2.05) is 36.7 Å². The number of nitrogens with one attached hydrogen (secondary N) is 1. The fourth-order valence-electron chi connectivity index (χ4n) is 3.30. The number of rotatable bonds is 7. The molecule has 1 fully saturated rings. The van der Waals surface area contributed by atoms with E-state index in [0.717, 1.165) is 33.6 Å². The SMILES string of the molecule is Cc1nc(NCc2nnc(C)s2)cc(OC[C@H]2C[C@@H]2c2cc3ncccn3n2)n1. The number of aromatic nitrogens is 7. The first-order valence-corrected chi connectivity index (χ1v) is 10.3. The average Bonchev–Trinajstić information content (AvgIpc) is 3.15. The average molecular weight is 408 g/mol. The Morgan fingerprint density at radius 3 is 3.00 bits per heavy atom. The highest BCUT2D eigenvalue weighted by atomic mass is 32.1. The lowest BCUT2D eigenvalue weighted by Crippen LogP contribution is -2.07. The van der Waals surface area contributed by atoms with Gasteiger partial charge in [0.1, 0.15) is 21.7 Å². The largest absolute Gasteiger partial charge is 0.477 e. The molecule has 4 aromatic rings. The first-order chi connectivity index (χ1) is 14.1. The summed E-state index contributed by atoms with van der Waals surface area (Å²) in [6, 6.07) is 5.76. The first-order valence-electron chi connectivity index (χ1n) is 9.46. The van der Waals surface area contributed by atoms with E-state index in [0.29, 0.717) is 36.7 Å². The Kier molecular flexibility index (Phi) is 4.55. The second kappa shape index (κ2) is 7.36. The lowest BCUT2D eigenvalue weighted by Gasteiger charge is -2.09. The molecule has 1 saturated carbocycles. The van der Waals surface area contributed by atoms with Crippen molar-refractivity contribution < 1.29 is 4.74 Å². The van der Waals surface area contributed by atoms with Gasteiger partial charge in [-0.1, -0.05) is 11.3 Å². The van der Waals surface area contributed by atoms with Crippen molar-refractivity contribution in [2.24, 2.45) is 5.92 Å². The zero-order valence-corrected chi connectivity index (χ0v) is 16.9. The van der Waals surface area contributed by atoms with Gasteiger partial charge in [0.25, 0.3) is 0 Å². The summed E-state index contributed by atoms with van der Waals surface area (Å²) in [5, 5.41) is 17.9. The molecule has 0 saturated heterocycles. The number of aryl methyl sites for hydroxylation is 2. The summed E-state index contributed by atoms with van der Waals surface area (Å²) >= 11 is 1.57. The highest BCUT2D eigenvalue weighted by molar-refractivity contribution is 7.11. The number of hydrogen-bond acceptors (Lipinski definition) is 9. The van der Waals surface area contributed by atoms with Crippen LogP contribution in [0.5, 0.6) is 5.88 Å². The van der Waals surface area contributed by atoms with Gasteiger partial charge in [-0.05, 0) is 26.3 Å². The molecule has 9 nitrogen and oxygen atoms in total. The molecule has 2 atom stereocenters. The van der Waals surface area contributed by atoms with E-state index in [1.54, 1.807) is 17.5 Å². The standard InChI is InChI=1S/C19H20N8OS/c1-11-22-16(21-9-19-25-24-12(2)29-19)8-18(23-11)28-10-13-6-14(13)15-7-17-20-4-3-5-27(17)26-15/h3-5,7-8,13-14H,6,9-10H2,1-2H3,(H,21,22,23)/t13-,14+/m1/s1. The van der Waals surface area contributed by atoms with Crippen LogP contribution in [0, 0.1) is 19.8 Å². The van der Waals surface area contributed by atoms with Crippen LogP contribution < -0.4 is 10.1 Å². The third-order valence-corrected chi connectivity index (χ3v) is 5.64. The van der Waals surface area contributed by atoms with Crippen molar-refractivity contribution >= 4 is 22.8 Å². The summed E-state index contributed by atoms with van der Waals surface area (Å²) in [4.78, 5) is 13.1. The Labute approximate surface area is 171 Å².